The van der Waals surface area contributed by atoms with E-state index in [1.165, 1.54) is 18.4 Å². The maximum atomic E-state index is 12.8. The first-order chi connectivity index (χ1) is 15.9. The molecule has 1 saturated carbocycles. The van der Waals surface area contributed by atoms with E-state index in [2.05, 4.69) is 16.0 Å². The number of methoxy groups -OCH3 is 1. The first-order valence-corrected chi connectivity index (χ1v) is 12.6. The number of carbonyl (C=O) groups excluding carboxylic acids is 2. The molecule has 0 saturated heterocycles. The van der Waals surface area contributed by atoms with Crippen LogP contribution in [-0.2, 0) is 22.4 Å². The Hall–Kier alpha value is -2.85. The van der Waals surface area contributed by atoms with Gasteiger partial charge in [0.05, 0.1) is 12.7 Å². The van der Waals surface area contributed by atoms with Crippen LogP contribution in [0, 0.1) is 25.2 Å². The molecule has 0 aromatic carbocycles. The minimum absolute atomic E-state index is 0.111. The van der Waals surface area contributed by atoms with Crippen LogP contribution in [-0.4, -0.2) is 29.6 Å². The van der Waals surface area contributed by atoms with E-state index in [0.717, 1.165) is 78.9 Å². The van der Waals surface area contributed by atoms with Gasteiger partial charge in [0.15, 0.2) is 0 Å². The van der Waals surface area contributed by atoms with Gasteiger partial charge in [-0.2, -0.15) is 5.26 Å². The molecule has 1 N–H and O–H groups in total. The van der Waals surface area contributed by atoms with Crippen molar-refractivity contribution < 1.29 is 14.3 Å². The molecule has 0 bridgehead atoms. The highest BCUT2D eigenvalue weighted by Crippen LogP contribution is 2.39. The van der Waals surface area contributed by atoms with Crippen LogP contribution in [0.1, 0.15) is 82.7 Å². The molecule has 33 heavy (non-hydrogen) atoms. The van der Waals surface area contributed by atoms with Crippen LogP contribution >= 0.6 is 11.3 Å². The Morgan fingerprint density at radius 1 is 1.18 bits per heavy atom. The van der Waals surface area contributed by atoms with E-state index in [-0.39, 0.29) is 23.5 Å². The Bertz CT molecular complexity index is 1140. The summed E-state index contributed by atoms with van der Waals surface area (Å²) in [7, 11) is 1.42. The normalized spacial score (nSPS) is 16.7. The number of carbonyl (C=O) groups is 2. The summed E-state index contributed by atoms with van der Waals surface area (Å²) in [5, 5.41) is 13.6. The van der Waals surface area contributed by atoms with E-state index in [1.807, 2.05) is 19.9 Å². The average Bonchev–Trinajstić information content (AvgIpc) is 3.33. The van der Waals surface area contributed by atoms with Crippen molar-refractivity contribution >= 4 is 29.3 Å². The average molecular weight is 466 g/mol. The van der Waals surface area contributed by atoms with Crippen LogP contribution < -0.4 is 5.32 Å². The van der Waals surface area contributed by atoms with Crippen LogP contribution in [0.4, 0.5) is 0 Å². The summed E-state index contributed by atoms with van der Waals surface area (Å²) in [6, 6.07) is 4.20. The first-order valence-electron chi connectivity index (χ1n) is 11.8. The topological polar surface area (TPSA) is 84.1 Å². The van der Waals surface area contributed by atoms with Crippen molar-refractivity contribution in [2.75, 3.05) is 7.11 Å². The van der Waals surface area contributed by atoms with Gasteiger partial charge in [0.2, 0.25) is 0 Å². The van der Waals surface area contributed by atoms with E-state index in [4.69, 9.17) is 4.74 Å². The van der Waals surface area contributed by atoms with Gasteiger partial charge >= 0.3 is 5.97 Å². The van der Waals surface area contributed by atoms with E-state index >= 15 is 0 Å². The third kappa shape index (κ3) is 4.63. The molecule has 1 amide bonds. The van der Waals surface area contributed by atoms with Crippen LogP contribution in [0.15, 0.2) is 11.6 Å². The Kier molecular flexibility index (Phi) is 7.04. The zero-order valence-electron chi connectivity index (χ0n) is 19.6. The standard InChI is InChI=1S/C26H31N3O3S/c1-16-13-18(14-19(15-27)24(30)28-20-9-5-4-6-10-20)17(2)29(16)25-23(26(31)32-3)21-11-7-8-12-22(21)33-25/h13-14,20H,4-12H2,1-3H3,(H,28,30)/b19-14-. The highest BCUT2D eigenvalue weighted by atomic mass is 32.1. The maximum Gasteiger partial charge on any atom is 0.341 e. The van der Waals surface area contributed by atoms with E-state index < -0.39 is 0 Å². The minimum Gasteiger partial charge on any atom is -0.465 e. The number of aryl methyl sites for hydroxylation is 2. The molecule has 2 aliphatic rings. The highest BCUT2D eigenvalue weighted by molar-refractivity contribution is 7.15. The summed E-state index contributed by atoms with van der Waals surface area (Å²) >= 11 is 1.65. The molecule has 6 nitrogen and oxygen atoms in total. The molecule has 0 unspecified atom stereocenters. The van der Waals surface area contributed by atoms with Gasteiger partial charge in [-0.15, -0.1) is 11.3 Å². The fraction of sp³-hybridized carbons (Fsp3) is 0.500. The molecule has 174 valence electrons. The van der Waals surface area contributed by atoms with Gasteiger partial charge in [0, 0.05) is 22.3 Å². The van der Waals surface area contributed by atoms with Gasteiger partial charge in [0.25, 0.3) is 5.91 Å². The van der Waals surface area contributed by atoms with E-state index in [9.17, 15) is 14.9 Å². The van der Waals surface area contributed by atoms with Crippen molar-refractivity contribution in [3.05, 3.63) is 44.6 Å². The van der Waals surface area contributed by atoms with Crippen LogP contribution in [0.2, 0.25) is 0 Å². The molecule has 0 radical (unpaired) electrons. The molecule has 2 aromatic rings. The fourth-order valence-electron chi connectivity index (χ4n) is 5.08. The number of hydrogen-bond acceptors (Lipinski definition) is 5. The van der Waals surface area contributed by atoms with Crippen LogP contribution in [0.3, 0.4) is 0 Å². The predicted octanol–water partition coefficient (Wildman–Crippen LogP) is 5.18. The fourth-order valence-corrected chi connectivity index (χ4v) is 6.57. The second kappa shape index (κ2) is 9.96. The summed E-state index contributed by atoms with van der Waals surface area (Å²) in [4.78, 5) is 26.8. The van der Waals surface area contributed by atoms with Gasteiger partial charge in [-0.1, -0.05) is 19.3 Å². The number of ether oxygens (including phenoxy) is 1. The molecule has 4 rings (SSSR count). The highest BCUT2D eigenvalue weighted by Gasteiger charge is 2.28. The molecule has 2 aliphatic carbocycles. The molecule has 2 heterocycles. The SMILES string of the molecule is COC(=O)c1c(-n2c(C)cc(/C=C(/C#N)C(=O)NC3CCCCC3)c2C)sc2c1CCCC2. The lowest BCUT2D eigenvalue weighted by molar-refractivity contribution is -0.117. The number of aromatic nitrogens is 1. The van der Waals surface area contributed by atoms with Gasteiger partial charge < -0.3 is 14.6 Å². The van der Waals surface area contributed by atoms with Crippen molar-refractivity contribution in [2.45, 2.75) is 77.7 Å². The van der Waals surface area contributed by atoms with Crippen molar-refractivity contribution in [2.24, 2.45) is 0 Å². The molecule has 7 heteroatoms. The van der Waals surface area contributed by atoms with Gasteiger partial charge in [-0.3, -0.25) is 4.79 Å². The number of amides is 1. The number of esters is 1. The molecule has 0 spiro atoms. The molecule has 2 aromatic heterocycles. The van der Waals surface area contributed by atoms with E-state index in [1.54, 1.807) is 17.4 Å². The van der Waals surface area contributed by atoms with Gasteiger partial charge in [0.1, 0.15) is 16.6 Å². The summed E-state index contributed by atoms with van der Waals surface area (Å²) in [5.41, 5.74) is 4.54. The van der Waals surface area contributed by atoms with Crippen molar-refractivity contribution in [1.82, 2.24) is 9.88 Å². The maximum absolute atomic E-state index is 12.8. The predicted molar refractivity (Wildman–Crippen MR) is 130 cm³/mol. The lowest BCUT2D eigenvalue weighted by Crippen LogP contribution is -2.36. The second-order valence-corrected chi connectivity index (χ2v) is 10.1. The smallest absolute Gasteiger partial charge is 0.341 e. The quantitative estimate of drug-likeness (QED) is 0.375. The number of nitrogens with zero attached hydrogens (tertiary/aromatic N) is 2. The first kappa shape index (κ1) is 23.3. The lowest BCUT2D eigenvalue weighted by Gasteiger charge is -2.22. The number of nitriles is 1. The summed E-state index contributed by atoms with van der Waals surface area (Å²) in [6.45, 7) is 3.95. The third-order valence-corrected chi connectivity index (χ3v) is 8.10. The van der Waals surface area contributed by atoms with Gasteiger partial charge in [-0.25, -0.2) is 4.79 Å². The van der Waals surface area contributed by atoms with Crippen molar-refractivity contribution in [1.29, 1.82) is 5.26 Å². The zero-order chi connectivity index (χ0) is 23.5. The number of thiophene rings is 1. The van der Waals surface area contributed by atoms with Gasteiger partial charge in [-0.05, 0) is 75.6 Å². The Morgan fingerprint density at radius 3 is 2.61 bits per heavy atom. The lowest BCUT2D eigenvalue weighted by atomic mass is 9.95. The summed E-state index contributed by atoms with van der Waals surface area (Å²) in [6.07, 6.45) is 11.1. The number of rotatable bonds is 5. The second-order valence-electron chi connectivity index (χ2n) is 9.02. The summed E-state index contributed by atoms with van der Waals surface area (Å²) < 4.78 is 7.21. The number of hydrogen-bond donors (Lipinski definition) is 1. The van der Waals surface area contributed by atoms with Crippen LogP contribution in [0.25, 0.3) is 11.1 Å². The van der Waals surface area contributed by atoms with Crippen LogP contribution in [0.5, 0.6) is 0 Å². The molecule has 0 atom stereocenters. The molecular weight excluding hydrogens is 434 g/mol. The Labute approximate surface area is 199 Å². The Morgan fingerprint density at radius 2 is 1.91 bits per heavy atom. The monoisotopic (exact) mass is 465 g/mol. The Balaban J connectivity index is 1.70. The zero-order valence-corrected chi connectivity index (χ0v) is 20.4. The number of nitrogens with one attached hydrogen (secondary N) is 1. The number of fused-ring (bicyclic) bond motifs is 1. The molecule has 0 aliphatic heterocycles. The molecule has 1 fully saturated rings. The minimum atomic E-state index is -0.309. The summed E-state index contributed by atoms with van der Waals surface area (Å²) in [5.74, 6) is -0.616. The largest absolute Gasteiger partial charge is 0.465 e. The van der Waals surface area contributed by atoms with Crippen molar-refractivity contribution in [3.8, 4) is 11.1 Å². The van der Waals surface area contributed by atoms with Crippen molar-refractivity contribution in [3.63, 3.8) is 0 Å². The van der Waals surface area contributed by atoms with E-state index in [0.29, 0.717) is 5.56 Å². The molecular formula is C26H31N3O3S. The third-order valence-electron chi connectivity index (χ3n) is 6.82.